The SMILES string of the molecule is CN1C=CN(c2[c-]c(N3C=CN(C)[CH-]3)cc(C#N)c2)[CH-]1.Oc1ccccc1N1C=CN(c2[c-]cccc2)[CH-]1.[Ir]. The molecule has 39 heavy (non-hydrogen) atoms. The summed E-state index contributed by atoms with van der Waals surface area (Å²) < 4.78 is 0. The van der Waals surface area contributed by atoms with Crippen molar-refractivity contribution in [2.45, 2.75) is 0 Å². The van der Waals surface area contributed by atoms with Crippen molar-refractivity contribution < 1.29 is 25.2 Å². The fourth-order valence-corrected chi connectivity index (χ4v) is 3.93. The normalized spacial score (nSPS) is 15.4. The van der Waals surface area contributed by atoms with E-state index in [1.54, 1.807) is 12.1 Å². The van der Waals surface area contributed by atoms with Crippen LogP contribution in [-0.4, -0.2) is 29.0 Å². The Morgan fingerprint density at radius 3 is 1.82 bits per heavy atom. The van der Waals surface area contributed by atoms with Gasteiger partial charge in [0.2, 0.25) is 0 Å². The zero-order valence-electron chi connectivity index (χ0n) is 21.4. The predicted molar refractivity (Wildman–Crippen MR) is 149 cm³/mol. The van der Waals surface area contributed by atoms with Crippen molar-refractivity contribution in [3.05, 3.63) is 136 Å². The van der Waals surface area contributed by atoms with Crippen molar-refractivity contribution in [2.75, 3.05) is 33.7 Å². The number of para-hydroxylation sites is 3. The Balaban J connectivity index is 0.000000177. The molecule has 3 aliphatic rings. The molecular formula is C30H26IrN7O-5. The van der Waals surface area contributed by atoms with Crippen LogP contribution in [0.5, 0.6) is 5.75 Å². The van der Waals surface area contributed by atoms with Crippen LogP contribution in [0.15, 0.2) is 97.9 Å². The zero-order valence-corrected chi connectivity index (χ0v) is 23.8. The molecule has 0 spiro atoms. The number of aromatic hydroxyl groups is 1. The Kier molecular flexibility index (Phi) is 8.82. The van der Waals surface area contributed by atoms with Crippen LogP contribution in [0.25, 0.3) is 0 Å². The van der Waals surface area contributed by atoms with Crippen LogP contribution >= 0.6 is 0 Å². The monoisotopic (exact) mass is 693 g/mol. The maximum absolute atomic E-state index is 9.81. The number of anilines is 4. The summed E-state index contributed by atoms with van der Waals surface area (Å²) in [4.78, 5) is 11.6. The van der Waals surface area contributed by atoms with Gasteiger partial charge in [-0.2, -0.15) is 48.9 Å². The van der Waals surface area contributed by atoms with Gasteiger partial charge in [0.25, 0.3) is 0 Å². The Morgan fingerprint density at radius 2 is 1.28 bits per heavy atom. The molecule has 0 aromatic heterocycles. The number of nitrogens with zero attached hydrogens (tertiary/aromatic N) is 7. The number of nitriles is 1. The molecule has 1 radical (unpaired) electrons. The molecule has 0 atom stereocenters. The summed E-state index contributed by atoms with van der Waals surface area (Å²) in [7, 11) is 3.91. The second kappa shape index (κ2) is 12.4. The first-order chi connectivity index (χ1) is 18.5. The molecular weight excluding hydrogens is 667 g/mol. The van der Waals surface area contributed by atoms with Gasteiger partial charge in [0.05, 0.1) is 11.8 Å². The molecule has 3 heterocycles. The number of phenolic OH excluding ortho intramolecular Hbond substituents is 1. The molecule has 1 N–H and O–H groups in total. The minimum Gasteiger partial charge on any atom is -0.510 e. The van der Waals surface area contributed by atoms with E-state index in [9.17, 15) is 10.4 Å². The van der Waals surface area contributed by atoms with Gasteiger partial charge in [-0.1, -0.05) is 17.7 Å². The first-order valence-electron chi connectivity index (χ1n) is 11.9. The maximum Gasteiger partial charge on any atom is 0.136 e. The van der Waals surface area contributed by atoms with E-state index in [-0.39, 0.29) is 25.9 Å². The van der Waals surface area contributed by atoms with E-state index in [1.165, 1.54) is 0 Å². The number of hydrogen-bond donors (Lipinski definition) is 1. The van der Waals surface area contributed by atoms with E-state index in [2.05, 4.69) is 18.2 Å². The molecule has 0 amide bonds. The molecule has 0 saturated heterocycles. The summed E-state index contributed by atoms with van der Waals surface area (Å²) in [5, 5.41) is 19.0. The van der Waals surface area contributed by atoms with E-state index in [1.807, 2.05) is 149 Å². The van der Waals surface area contributed by atoms with Gasteiger partial charge in [-0.3, -0.25) is 0 Å². The van der Waals surface area contributed by atoms with Gasteiger partial charge in [-0.05, 0) is 63.4 Å². The quantitative estimate of drug-likeness (QED) is 0.377. The van der Waals surface area contributed by atoms with Crippen molar-refractivity contribution >= 4 is 22.7 Å². The fraction of sp³-hybridized carbons (Fsp3) is 0.0667. The summed E-state index contributed by atoms with van der Waals surface area (Å²) in [6, 6.07) is 27.3. The topological polar surface area (TPSA) is 63.5 Å². The van der Waals surface area contributed by atoms with E-state index >= 15 is 0 Å². The second-order valence-electron chi connectivity index (χ2n) is 8.69. The molecule has 201 valence electrons. The summed E-state index contributed by atoms with van der Waals surface area (Å²) in [6.45, 7) is 5.78. The first-order valence-corrected chi connectivity index (χ1v) is 11.9. The van der Waals surface area contributed by atoms with Crippen molar-refractivity contribution in [3.63, 3.8) is 0 Å². The number of rotatable bonds is 4. The van der Waals surface area contributed by atoms with Crippen LogP contribution in [0, 0.1) is 43.5 Å². The third kappa shape index (κ3) is 6.55. The largest absolute Gasteiger partial charge is 0.510 e. The van der Waals surface area contributed by atoms with Crippen LogP contribution < -0.4 is 19.6 Å². The standard InChI is InChI=1S/C15H14N5.C15H12N2O.Ir/c1-17-3-5-19(11-17)14-7-13(10-16)8-15(9-14)20-6-4-18(2)12-20;18-15-9-5-4-8-14(15)17-11-10-16(12-17)13-6-2-1-3-7-13;/h3-8,11-12H,1-2H3;1-6,8-12,18H;/q-3;-2;. The molecule has 6 rings (SSSR count). The van der Waals surface area contributed by atoms with Gasteiger partial charge in [0.15, 0.2) is 0 Å². The molecule has 3 aliphatic heterocycles. The van der Waals surface area contributed by atoms with Gasteiger partial charge in [0.1, 0.15) is 5.75 Å². The Labute approximate surface area is 243 Å². The minimum absolute atomic E-state index is 0. The minimum atomic E-state index is 0. The molecule has 0 bridgehead atoms. The van der Waals surface area contributed by atoms with Gasteiger partial charge in [0, 0.05) is 20.1 Å². The van der Waals surface area contributed by atoms with Crippen LogP contribution in [0.2, 0.25) is 0 Å². The van der Waals surface area contributed by atoms with Gasteiger partial charge < -0.3 is 34.5 Å². The molecule has 0 saturated carbocycles. The molecule has 8 nitrogen and oxygen atoms in total. The van der Waals surface area contributed by atoms with Crippen molar-refractivity contribution in [1.29, 1.82) is 5.26 Å². The number of hydrogen-bond acceptors (Lipinski definition) is 8. The Morgan fingerprint density at radius 1 is 0.718 bits per heavy atom. The summed E-state index contributed by atoms with van der Waals surface area (Å²) >= 11 is 0. The van der Waals surface area contributed by atoms with E-state index in [0.29, 0.717) is 5.56 Å². The van der Waals surface area contributed by atoms with Crippen LogP contribution in [-0.2, 0) is 20.1 Å². The Bertz CT molecular complexity index is 1360. The van der Waals surface area contributed by atoms with Crippen molar-refractivity contribution in [2.24, 2.45) is 0 Å². The Hall–Kier alpha value is -4.38. The average Bonchev–Trinajstić information content (AvgIpc) is 3.71. The van der Waals surface area contributed by atoms with Crippen LogP contribution in [0.3, 0.4) is 0 Å². The molecule has 3 aromatic rings. The average molecular weight is 693 g/mol. The summed E-state index contributed by atoms with van der Waals surface area (Å²) in [5.41, 5.74) is 4.02. The molecule has 9 heteroatoms. The van der Waals surface area contributed by atoms with Crippen LogP contribution in [0.4, 0.5) is 22.7 Å². The van der Waals surface area contributed by atoms with E-state index in [4.69, 9.17) is 0 Å². The molecule has 3 aromatic carbocycles. The predicted octanol–water partition coefficient (Wildman–Crippen LogP) is 5.15. The smallest absolute Gasteiger partial charge is 0.136 e. The summed E-state index contributed by atoms with van der Waals surface area (Å²) in [6.07, 6.45) is 11.6. The number of benzene rings is 3. The molecule has 0 aliphatic carbocycles. The van der Waals surface area contributed by atoms with Gasteiger partial charge in [-0.15, -0.1) is 41.9 Å². The fourth-order valence-electron chi connectivity index (χ4n) is 3.93. The molecule has 0 unspecified atom stereocenters. The third-order valence-corrected chi connectivity index (χ3v) is 5.83. The van der Waals surface area contributed by atoms with Gasteiger partial charge >= 0.3 is 0 Å². The van der Waals surface area contributed by atoms with Crippen molar-refractivity contribution in [1.82, 2.24) is 9.80 Å². The van der Waals surface area contributed by atoms with Crippen LogP contribution in [0.1, 0.15) is 5.56 Å². The first kappa shape index (κ1) is 27.6. The van der Waals surface area contributed by atoms with E-state index < -0.39 is 0 Å². The third-order valence-electron chi connectivity index (χ3n) is 5.83. The maximum atomic E-state index is 9.81. The summed E-state index contributed by atoms with van der Waals surface area (Å²) in [5.74, 6) is 0.261. The zero-order chi connectivity index (χ0) is 26.5. The van der Waals surface area contributed by atoms with Gasteiger partial charge in [-0.25, -0.2) is 0 Å². The second-order valence-corrected chi connectivity index (χ2v) is 8.69. The molecule has 0 fully saturated rings. The van der Waals surface area contributed by atoms with E-state index in [0.717, 1.165) is 22.7 Å². The van der Waals surface area contributed by atoms with Crippen molar-refractivity contribution in [3.8, 4) is 11.8 Å². The number of phenols is 1.